The molecule has 0 saturated carbocycles. The van der Waals surface area contributed by atoms with Crippen molar-refractivity contribution in [3.63, 3.8) is 0 Å². The summed E-state index contributed by atoms with van der Waals surface area (Å²) >= 11 is 3.25. The van der Waals surface area contributed by atoms with Crippen LogP contribution in [0.5, 0.6) is 5.75 Å². The SMILES string of the molecule is O=C(CN1CCN(C(=O)c2ccc(Br)cc2O)CC1)Nc1ccc(F)cc1. The lowest BCUT2D eigenvalue weighted by atomic mass is 10.1. The van der Waals surface area contributed by atoms with Crippen LogP contribution in [-0.2, 0) is 4.79 Å². The molecule has 27 heavy (non-hydrogen) atoms. The van der Waals surface area contributed by atoms with Crippen molar-refractivity contribution >= 4 is 33.4 Å². The molecule has 0 aliphatic carbocycles. The average Bonchev–Trinajstić information content (AvgIpc) is 2.64. The molecule has 1 fully saturated rings. The number of benzene rings is 2. The zero-order valence-electron chi connectivity index (χ0n) is 14.5. The Bertz CT molecular complexity index is 837. The van der Waals surface area contributed by atoms with Crippen molar-refractivity contribution in [3.05, 3.63) is 58.3 Å². The van der Waals surface area contributed by atoms with Crippen LogP contribution in [0.2, 0.25) is 0 Å². The highest BCUT2D eigenvalue weighted by atomic mass is 79.9. The van der Waals surface area contributed by atoms with E-state index in [1.807, 2.05) is 4.90 Å². The zero-order valence-corrected chi connectivity index (χ0v) is 16.1. The molecule has 1 heterocycles. The minimum atomic E-state index is -0.356. The number of anilines is 1. The first-order valence-corrected chi connectivity index (χ1v) is 9.27. The number of halogens is 2. The van der Waals surface area contributed by atoms with Gasteiger partial charge in [-0.15, -0.1) is 0 Å². The van der Waals surface area contributed by atoms with E-state index in [4.69, 9.17) is 0 Å². The van der Waals surface area contributed by atoms with Crippen molar-refractivity contribution in [2.75, 3.05) is 38.0 Å². The predicted molar refractivity (Wildman–Crippen MR) is 103 cm³/mol. The van der Waals surface area contributed by atoms with Crippen LogP contribution < -0.4 is 5.32 Å². The van der Waals surface area contributed by atoms with Crippen LogP contribution in [0.4, 0.5) is 10.1 Å². The molecule has 2 aromatic carbocycles. The fraction of sp³-hybridized carbons (Fsp3) is 0.263. The van der Waals surface area contributed by atoms with E-state index >= 15 is 0 Å². The summed E-state index contributed by atoms with van der Waals surface area (Å²) in [6.07, 6.45) is 0. The maximum Gasteiger partial charge on any atom is 0.257 e. The second-order valence-electron chi connectivity index (χ2n) is 6.28. The fourth-order valence-electron chi connectivity index (χ4n) is 2.90. The number of phenolic OH excluding ortho intramolecular Hbond substituents is 1. The number of phenols is 1. The zero-order chi connectivity index (χ0) is 19.4. The minimum Gasteiger partial charge on any atom is -0.507 e. The Labute approximate surface area is 164 Å². The Balaban J connectivity index is 1.50. The lowest BCUT2D eigenvalue weighted by Gasteiger charge is -2.34. The van der Waals surface area contributed by atoms with Crippen LogP contribution in [-0.4, -0.2) is 59.4 Å². The summed E-state index contributed by atoms with van der Waals surface area (Å²) in [7, 11) is 0. The van der Waals surface area contributed by atoms with E-state index in [0.717, 1.165) is 0 Å². The van der Waals surface area contributed by atoms with Crippen molar-refractivity contribution in [1.82, 2.24) is 9.80 Å². The average molecular weight is 436 g/mol. The maximum absolute atomic E-state index is 12.9. The third-order valence-corrected chi connectivity index (χ3v) is 4.84. The number of carbonyl (C=O) groups is 2. The van der Waals surface area contributed by atoms with E-state index in [-0.39, 0.29) is 35.5 Å². The van der Waals surface area contributed by atoms with Crippen LogP contribution in [0.3, 0.4) is 0 Å². The van der Waals surface area contributed by atoms with Crippen LogP contribution in [0.1, 0.15) is 10.4 Å². The largest absolute Gasteiger partial charge is 0.507 e. The highest BCUT2D eigenvalue weighted by Gasteiger charge is 2.24. The highest BCUT2D eigenvalue weighted by Crippen LogP contribution is 2.24. The molecule has 0 spiro atoms. The number of nitrogens with one attached hydrogen (secondary N) is 1. The first kappa shape index (κ1) is 19.3. The van der Waals surface area contributed by atoms with Gasteiger partial charge < -0.3 is 15.3 Å². The number of nitrogens with zero attached hydrogens (tertiary/aromatic N) is 2. The quantitative estimate of drug-likeness (QED) is 0.774. The van der Waals surface area contributed by atoms with Crippen LogP contribution in [0.25, 0.3) is 0 Å². The number of hydrogen-bond donors (Lipinski definition) is 2. The van der Waals surface area contributed by atoms with E-state index in [0.29, 0.717) is 36.3 Å². The third kappa shape index (κ3) is 5.05. The summed E-state index contributed by atoms with van der Waals surface area (Å²) in [5.41, 5.74) is 0.807. The number of carbonyl (C=O) groups excluding carboxylic acids is 2. The van der Waals surface area contributed by atoms with Crippen molar-refractivity contribution in [2.45, 2.75) is 0 Å². The first-order valence-electron chi connectivity index (χ1n) is 8.48. The molecule has 3 rings (SSSR count). The number of aromatic hydroxyl groups is 1. The van der Waals surface area contributed by atoms with Gasteiger partial charge >= 0.3 is 0 Å². The Morgan fingerprint density at radius 1 is 1.07 bits per heavy atom. The van der Waals surface area contributed by atoms with E-state index in [1.54, 1.807) is 17.0 Å². The molecular formula is C19H19BrFN3O3. The molecule has 0 radical (unpaired) electrons. The van der Waals surface area contributed by atoms with Gasteiger partial charge in [0, 0.05) is 36.3 Å². The highest BCUT2D eigenvalue weighted by molar-refractivity contribution is 9.10. The molecule has 2 N–H and O–H groups in total. The van der Waals surface area contributed by atoms with Gasteiger partial charge in [-0.1, -0.05) is 15.9 Å². The van der Waals surface area contributed by atoms with Crippen molar-refractivity contribution in [1.29, 1.82) is 0 Å². The molecule has 6 nitrogen and oxygen atoms in total. The predicted octanol–water partition coefficient (Wildman–Crippen LogP) is 2.69. The van der Waals surface area contributed by atoms with Gasteiger partial charge in [-0.3, -0.25) is 14.5 Å². The summed E-state index contributed by atoms with van der Waals surface area (Å²) in [5.74, 6) is -0.830. The minimum absolute atomic E-state index is 0.0597. The van der Waals surface area contributed by atoms with E-state index in [1.165, 1.54) is 30.3 Å². The molecule has 0 aromatic heterocycles. The third-order valence-electron chi connectivity index (χ3n) is 4.34. The Morgan fingerprint density at radius 3 is 2.37 bits per heavy atom. The topological polar surface area (TPSA) is 72.9 Å². The van der Waals surface area contributed by atoms with Gasteiger partial charge in [0.2, 0.25) is 5.91 Å². The van der Waals surface area contributed by atoms with Gasteiger partial charge in [-0.05, 0) is 42.5 Å². The Morgan fingerprint density at radius 2 is 1.74 bits per heavy atom. The molecule has 2 aromatic rings. The van der Waals surface area contributed by atoms with E-state index < -0.39 is 0 Å². The summed E-state index contributed by atoms with van der Waals surface area (Å²) in [6, 6.07) is 10.4. The summed E-state index contributed by atoms with van der Waals surface area (Å²) < 4.78 is 13.6. The van der Waals surface area contributed by atoms with E-state index in [9.17, 15) is 19.1 Å². The maximum atomic E-state index is 12.9. The van der Waals surface area contributed by atoms with E-state index in [2.05, 4.69) is 21.2 Å². The number of rotatable bonds is 4. The van der Waals surface area contributed by atoms with Crippen molar-refractivity contribution in [2.24, 2.45) is 0 Å². The molecule has 0 unspecified atom stereocenters. The van der Waals surface area contributed by atoms with Crippen LogP contribution >= 0.6 is 15.9 Å². The first-order chi connectivity index (χ1) is 12.9. The molecule has 0 atom stereocenters. The summed E-state index contributed by atoms with van der Waals surface area (Å²) in [4.78, 5) is 28.3. The van der Waals surface area contributed by atoms with Crippen molar-refractivity contribution < 1.29 is 19.1 Å². The smallest absolute Gasteiger partial charge is 0.257 e. The molecule has 142 valence electrons. The van der Waals surface area contributed by atoms with Gasteiger partial charge in [0.25, 0.3) is 5.91 Å². The van der Waals surface area contributed by atoms with Crippen LogP contribution in [0, 0.1) is 5.82 Å². The molecule has 8 heteroatoms. The Kier molecular flexibility index (Phi) is 6.08. The van der Waals surface area contributed by atoms with Crippen LogP contribution in [0.15, 0.2) is 46.9 Å². The summed E-state index contributed by atoms with van der Waals surface area (Å²) in [5, 5.41) is 12.7. The number of hydrogen-bond acceptors (Lipinski definition) is 4. The second-order valence-corrected chi connectivity index (χ2v) is 7.20. The second kappa shape index (κ2) is 8.49. The van der Waals surface area contributed by atoms with Gasteiger partial charge in [0.1, 0.15) is 11.6 Å². The normalized spacial score (nSPS) is 14.8. The molecule has 1 aliphatic heterocycles. The lowest BCUT2D eigenvalue weighted by molar-refractivity contribution is -0.117. The standard InChI is InChI=1S/C19H19BrFN3O3/c20-13-1-6-16(17(25)11-13)19(27)24-9-7-23(8-10-24)12-18(26)22-15-4-2-14(21)3-5-15/h1-6,11,25H,7-10,12H2,(H,22,26). The summed E-state index contributed by atoms with van der Waals surface area (Å²) in [6.45, 7) is 2.25. The fourth-order valence-corrected chi connectivity index (χ4v) is 3.25. The lowest BCUT2D eigenvalue weighted by Crippen LogP contribution is -2.50. The molecule has 1 saturated heterocycles. The van der Waals surface area contributed by atoms with Crippen molar-refractivity contribution in [3.8, 4) is 5.75 Å². The van der Waals surface area contributed by atoms with Gasteiger partial charge in [-0.25, -0.2) is 4.39 Å². The van der Waals surface area contributed by atoms with Gasteiger partial charge in [-0.2, -0.15) is 0 Å². The molecular weight excluding hydrogens is 417 g/mol. The molecule has 1 aliphatic rings. The number of amides is 2. The molecule has 2 amide bonds. The Hall–Kier alpha value is -2.45. The van der Waals surface area contributed by atoms with Gasteiger partial charge in [0.15, 0.2) is 0 Å². The molecule has 0 bridgehead atoms. The monoisotopic (exact) mass is 435 g/mol. The van der Waals surface area contributed by atoms with Gasteiger partial charge in [0.05, 0.1) is 12.1 Å². The number of piperazine rings is 1.